The van der Waals surface area contributed by atoms with E-state index in [9.17, 15) is 14.4 Å². The standard InChI is InChI=1S/C20H18N2O5S/c1-12-10-13(27-11-18(24)25)6-7-14(12)21-19(26)20-9-8-17(23)22(20)15-4-2-3-5-16(15)28-20/h2-7,10H,8-9,11H2,1H3,(H,21,26)(H,24,25). The van der Waals surface area contributed by atoms with Gasteiger partial charge in [-0.25, -0.2) is 4.79 Å². The smallest absolute Gasteiger partial charge is 0.341 e. The van der Waals surface area contributed by atoms with E-state index in [0.717, 1.165) is 16.1 Å². The van der Waals surface area contributed by atoms with Gasteiger partial charge in [-0.3, -0.25) is 14.5 Å². The number of carboxylic acid groups (broad SMARTS) is 1. The second kappa shape index (κ2) is 6.87. The first kappa shape index (κ1) is 18.4. The summed E-state index contributed by atoms with van der Waals surface area (Å²) in [6.07, 6.45) is 0.769. The molecular formula is C20H18N2O5S. The zero-order valence-electron chi connectivity index (χ0n) is 15.1. The number of thioether (sulfide) groups is 1. The lowest BCUT2D eigenvalue weighted by atomic mass is 10.1. The maximum atomic E-state index is 13.2. The number of aryl methyl sites for hydroxylation is 1. The van der Waals surface area contributed by atoms with Gasteiger partial charge in [-0.1, -0.05) is 23.9 Å². The van der Waals surface area contributed by atoms with Crippen LogP contribution in [0.1, 0.15) is 18.4 Å². The molecule has 1 atom stereocenters. The average Bonchev–Trinajstić information content (AvgIpc) is 3.18. The van der Waals surface area contributed by atoms with E-state index < -0.39 is 17.4 Å². The highest BCUT2D eigenvalue weighted by Crippen LogP contribution is 2.56. The number of carbonyl (C=O) groups is 3. The summed E-state index contributed by atoms with van der Waals surface area (Å²) in [4.78, 5) is 37.9. The number of amides is 2. The Balaban J connectivity index is 1.57. The van der Waals surface area contributed by atoms with Gasteiger partial charge in [0, 0.05) is 17.0 Å². The van der Waals surface area contributed by atoms with Crippen molar-refractivity contribution in [3.63, 3.8) is 0 Å². The summed E-state index contributed by atoms with van der Waals surface area (Å²) < 4.78 is 5.16. The summed E-state index contributed by atoms with van der Waals surface area (Å²) in [6, 6.07) is 12.5. The summed E-state index contributed by atoms with van der Waals surface area (Å²) in [5, 5.41) is 11.6. The highest BCUT2D eigenvalue weighted by Gasteiger charge is 2.57. The average molecular weight is 398 g/mol. The van der Waals surface area contributed by atoms with Crippen molar-refractivity contribution in [2.75, 3.05) is 16.8 Å². The lowest BCUT2D eigenvalue weighted by molar-refractivity contribution is -0.139. The lowest BCUT2D eigenvalue weighted by Crippen LogP contribution is -2.49. The number of fused-ring (bicyclic) bond motifs is 3. The summed E-state index contributed by atoms with van der Waals surface area (Å²) in [7, 11) is 0. The maximum Gasteiger partial charge on any atom is 0.341 e. The van der Waals surface area contributed by atoms with Gasteiger partial charge in [-0.15, -0.1) is 0 Å². The highest BCUT2D eigenvalue weighted by atomic mass is 32.2. The number of aliphatic carboxylic acids is 1. The van der Waals surface area contributed by atoms with Crippen LogP contribution in [0.5, 0.6) is 5.75 Å². The Kier molecular flexibility index (Phi) is 4.50. The van der Waals surface area contributed by atoms with Gasteiger partial charge in [0.1, 0.15) is 5.75 Å². The molecule has 2 heterocycles. The zero-order chi connectivity index (χ0) is 19.9. The predicted octanol–water partition coefficient (Wildman–Crippen LogP) is 3.03. The number of para-hydroxylation sites is 1. The zero-order valence-corrected chi connectivity index (χ0v) is 15.9. The van der Waals surface area contributed by atoms with Crippen molar-refractivity contribution in [2.45, 2.75) is 29.5 Å². The Morgan fingerprint density at radius 1 is 1.29 bits per heavy atom. The van der Waals surface area contributed by atoms with Gasteiger partial charge in [0.2, 0.25) is 5.91 Å². The molecule has 2 aliphatic heterocycles. The third-order valence-corrected chi connectivity index (χ3v) is 6.31. The van der Waals surface area contributed by atoms with E-state index in [-0.39, 0.29) is 11.8 Å². The van der Waals surface area contributed by atoms with E-state index in [1.165, 1.54) is 11.8 Å². The molecule has 2 N–H and O–H groups in total. The van der Waals surface area contributed by atoms with Crippen molar-refractivity contribution in [2.24, 2.45) is 0 Å². The van der Waals surface area contributed by atoms with Crippen molar-refractivity contribution >= 4 is 40.9 Å². The third kappa shape index (κ3) is 2.99. The van der Waals surface area contributed by atoms with Crippen molar-refractivity contribution in [1.29, 1.82) is 0 Å². The van der Waals surface area contributed by atoms with Crippen LogP contribution >= 0.6 is 11.8 Å². The van der Waals surface area contributed by atoms with Gasteiger partial charge in [0.05, 0.1) is 5.69 Å². The van der Waals surface area contributed by atoms with Crippen LogP contribution in [-0.2, 0) is 14.4 Å². The highest BCUT2D eigenvalue weighted by molar-refractivity contribution is 8.02. The molecule has 2 aromatic rings. The molecule has 2 aliphatic rings. The van der Waals surface area contributed by atoms with Crippen LogP contribution in [0.4, 0.5) is 11.4 Å². The fourth-order valence-corrected chi connectivity index (χ4v) is 4.94. The molecule has 8 heteroatoms. The van der Waals surface area contributed by atoms with E-state index in [0.29, 0.717) is 24.3 Å². The van der Waals surface area contributed by atoms with E-state index >= 15 is 0 Å². The molecule has 2 amide bonds. The lowest BCUT2D eigenvalue weighted by Gasteiger charge is -2.29. The van der Waals surface area contributed by atoms with Gasteiger partial charge < -0.3 is 15.2 Å². The summed E-state index contributed by atoms with van der Waals surface area (Å²) >= 11 is 1.41. The predicted molar refractivity (Wildman–Crippen MR) is 105 cm³/mol. The van der Waals surface area contributed by atoms with E-state index in [1.807, 2.05) is 24.3 Å². The van der Waals surface area contributed by atoms with E-state index in [2.05, 4.69) is 5.32 Å². The molecule has 1 unspecified atom stereocenters. The van der Waals surface area contributed by atoms with E-state index in [4.69, 9.17) is 9.84 Å². The minimum atomic E-state index is -1.06. The quantitative estimate of drug-likeness (QED) is 0.804. The molecule has 0 aliphatic carbocycles. The monoisotopic (exact) mass is 398 g/mol. The Bertz CT molecular complexity index is 992. The fourth-order valence-electron chi connectivity index (χ4n) is 3.53. The molecular weight excluding hydrogens is 380 g/mol. The number of hydrogen-bond acceptors (Lipinski definition) is 5. The third-order valence-electron chi connectivity index (χ3n) is 4.84. The van der Waals surface area contributed by atoms with E-state index in [1.54, 1.807) is 30.0 Å². The molecule has 0 spiro atoms. The molecule has 7 nitrogen and oxygen atoms in total. The van der Waals surface area contributed by atoms with Gasteiger partial charge in [0.15, 0.2) is 11.5 Å². The van der Waals surface area contributed by atoms with Gasteiger partial charge in [-0.2, -0.15) is 0 Å². The first-order valence-electron chi connectivity index (χ1n) is 8.78. The number of hydrogen-bond donors (Lipinski definition) is 2. The molecule has 28 heavy (non-hydrogen) atoms. The van der Waals surface area contributed by atoms with Crippen molar-refractivity contribution in [3.8, 4) is 5.75 Å². The first-order valence-corrected chi connectivity index (χ1v) is 9.60. The molecule has 1 saturated heterocycles. The summed E-state index contributed by atoms with van der Waals surface area (Å²) in [5.41, 5.74) is 2.11. The van der Waals surface area contributed by atoms with Crippen LogP contribution < -0.4 is 15.0 Å². The first-order chi connectivity index (χ1) is 13.4. The van der Waals surface area contributed by atoms with Crippen LogP contribution in [0.3, 0.4) is 0 Å². The number of carboxylic acids is 1. The molecule has 144 valence electrons. The van der Waals surface area contributed by atoms with Gasteiger partial charge >= 0.3 is 5.97 Å². The number of carbonyl (C=O) groups excluding carboxylic acids is 2. The Morgan fingerprint density at radius 3 is 2.82 bits per heavy atom. The molecule has 0 radical (unpaired) electrons. The number of nitrogens with one attached hydrogen (secondary N) is 1. The SMILES string of the molecule is Cc1cc(OCC(=O)O)ccc1NC(=O)C12CCC(=O)N1c1ccccc1S2. The molecule has 0 aromatic heterocycles. The minimum absolute atomic E-state index is 0.0539. The summed E-state index contributed by atoms with van der Waals surface area (Å²) in [5.74, 6) is -0.946. The minimum Gasteiger partial charge on any atom is -0.482 e. The number of anilines is 2. The number of ether oxygens (including phenoxy) is 1. The second-order valence-electron chi connectivity index (χ2n) is 6.70. The second-order valence-corrected chi connectivity index (χ2v) is 8.02. The largest absolute Gasteiger partial charge is 0.482 e. The fraction of sp³-hybridized carbons (Fsp3) is 0.250. The van der Waals surface area contributed by atoms with Crippen LogP contribution in [0.15, 0.2) is 47.4 Å². The number of benzene rings is 2. The Labute approximate surface area is 165 Å². The molecule has 2 aromatic carbocycles. The Morgan fingerprint density at radius 2 is 2.07 bits per heavy atom. The van der Waals surface area contributed by atoms with Gasteiger partial charge in [-0.05, 0) is 49.2 Å². The topological polar surface area (TPSA) is 95.9 Å². The maximum absolute atomic E-state index is 13.2. The molecule has 0 bridgehead atoms. The van der Waals surface area contributed by atoms with Crippen molar-refractivity contribution < 1.29 is 24.2 Å². The van der Waals surface area contributed by atoms with Crippen molar-refractivity contribution in [1.82, 2.24) is 0 Å². The van der Waals surface area contributed by atoms with Crippen molar-refractivity contribution in [3.05, 3.63) is 48.0 Å². The van der Waals surface area contributed by atoms with Gasteiger partial charge in [0.25, 0.3) is 5.91 Å². The van der Waals surface area contributed by atoms with Crippen LogP contribution in [0, 0.1) is 6.92 Å². The normalized spacial score (nSPS) is 19.9. The van der Waals surface area contributed by atoms with Crippen LogP contribution in [-0.4, -0.2) is 34.4 Å². The molecule has 4 rings (SSSR count). The number of nitrogens with zero attached hydrogens (tertiary/aromatic N) is 1. The molecule has 1 fully saturated rings. The Hall–Kier alpha value is -3.00. The molecule has 0 saturated carbocycles. The van der Waals surface area contributed by atoms with Crippen LogP contribution in [0.2, 0.25) is 0 Å². The summed E-state index contributed by atoms with van der Waals surface area (Å²) in [6.45, 7) is 1.37. The van der Waals surface area contributed by atoms with Crippen LogP contribution in [0.25, 0.3) is 0 Å². The number of rotatable bonds is 5.